The SMILES string of the molecule is CC(C)OC(=O)OC[C@H]1O[C@@H](n2ccc(NO)nc2=O)[C@H](OC(=O)OC(C)C)[C@@H]1OC(=O)OC(C)C. The van der Waals surface area contributed by atoms with E-state index in [0.717, 1.165) is 4.57 Å². The minimum atomic E-state index is -1.46. The molecular formula is C21H31N3O12. The van der Waals surface area contributed by atoms with Crippen molar-refractivity contribution in [2.24, 2.45) is 0 Å². The molecule has 0 unspecified atom stereocenters. The number of carbonyl (C=O) groups excluding carboxylic acids is 3. The molecule has 15 heteroatoms. The van der Waals surface area contributed by atoms with Crippen molar-refractivity contribution in [1.29, 1.82) is 0 Å². The quantitative estimate of drug-likeness (QED) is 0.276. The van der Waals surface area contributed by atoms with Gasteiger partial charge in [-0.3, -0.25) is 15.3 Å². The van der Waals surface area contributed by atoms with Crippen molar-refractivity contribution >= 4 is 24.3 Å². The fraction of sp³-hybridized carbons (Fsp3) is 0.667. The molecule has 0 saturated carbocycles. The molecule has 0 bridgehead atoms. The summed E-state index contributed by atoms with van der Waals surface area (Å²) in [6.07, 6.45) is -9.12. The first kappa shape index (κ1) is 28.6. The smallest absolute Gasteiger partial charge is 0.432 e. The molecule has 0 amide bonds. The average molecular weight is 517 g/mol. The summed E-state index contributed by atoms with van der Waals surface area (Å²) >= 11 is 0. The van der Waals surface area contributed by atoms with E-state index >= 15 is 0 Å². The van der Waals surface area contributed by atoms with Crippen LogP contribution in [0.4, 0.5) is 20.2 Å². The van der Waals surface area contributed by atoms with Crippen LogP contribution in [0.25, 0.3) is 0 Å². The van der Waals surface area contributed by atoms with E-state index in [1.54, 1.807) is 47.0 Å². The molecule has 1 aromatic rings. The zero-order chi connectivity index (χ0) is 27.0. The lowest BCUT2D eigenvalue weighted by Crippen LogP contribution is -2.43. The first-order valence-electron chi connectivity index (χ1n) is 11.1. The molecule has 1 aliphatic heterocycles. The van der Waals surface area contributed by atoms with Crippen molar-refractivity contribution in [3.63, 3.8) is 0 Å². The Bertz CT molecular complexity index is 964. The van der Waals surface area contributed by atoms with Gasteiger partial charge in [-0.25, -0.2) is 19.2 Å². The molecule has 15 nitrogen and oxygen atoms in total. The van der Waals surface area contributed by atoms with Gasteiger partial charge in [0.05, 0.1) is 18.3 Å². The maximum atomic E-state index is 12.6. The van der Waals surface area contributed by atoms with Crippen molar-refractivity contribution < 1.29 is 52.7 Å². The van der Waals surface area contributed by atoms with Crippen molar-refractivity contribution in [3.8, 4) is 0 Å². The number of nitrogens with one attached hydrogen (secondary N) is 1. The Morgan fingerprint density at radius 2 is 1.50 bits per heavy atom. The second kappa shape index (κ2) is 12.9. The highest BCUT2D eigenvalue weighted by atomic mass is 16.8. The zero-order valence-electron chi connectivity index (χ0n) is 20.7. The Labute approximate surface area is 206 Å². The molecule has 2 heterocycles. The molecule has 0 spiro atoms. The zero-order valence-corrected chi connectivity index (χ0v) is 20.7. The third-order valence-electron chi connectivity index (χ3n) is 4.33. The molecule has 0 radical (unpaired) electrons. The summed E-state index contributed by atoms with van der Waals surface area (Å²) < 4.78 is 37.5. The first-order chi connectivity index (χ1) is 16.9. The second-order valence-electron chi connectivity index (χ2n) is 8.41. The topological polar surface area (TPSA) is 183 Å². The van der Waals surface area contributed by atoms with Gasteiger partial charge in [-0.1, -0.05) is 0 Å². The van der Waals surface area contributed by atoms with Crippen LogP contribution >= 0.6 is 0 Å². The molecular weight excluding hydrogens is 486 g/mol. The predicted molar refractivity (Wildman–Crippen MR) is 118 cm³/mol. The molecule has 2 N–H and O–H groups in total. The highest BCUT2D eigenvalue weighted by Gasteiger charge is 2.52. The molecule has 0 aliphatic carbocycles. The van der Waals surface area contributed by atoms with Gasteiger partial charge in [0.1, 0.15) is 12.7 Å². The normalized spacial score (nSPS) is 21.3. The van der Waals surface area contributed by atoms with E-state index < -0.39 is 73.6 Å². The van der Waals surface area contributed by atoms with E-state index in [2.05, 4.69) is 4.98 Å². The predicted octanol–water partition coefficient (Wildman–Crippen LogP) is 2.36. The molecule has 2 rings (SSSR count). The molecule has 0 aromatic carbocycles. The number of hydrogen-bond acceptors (Lipinski definition) is 14. The Kier molecular flexibility index (Phi) is 10.3. The Balaban J connectivity index is 2.42. The Morgan fingerprint density at radius 1 is 0.972 bits per heavy atom. The lowest BCUT2D eigenvalue weighted by Gasteiger charge is -2.24. The fourth-order valence-corrected chi connectivity index (χ4v) is 3.04. The van der Waals surface area contributed by atoms with Crippen LogP contribution in [-0.4, -0.2) is 76.5 Å². The number of aromatic nitrogens is 2. The summed E-state index contributed by atoms with van der Waals surface area (Å²) in [5.41, 5.74) is 0.825. The third-order valence-corrected chi connectivity index (χ3v) is 4.33. The van der Waals surface area contributed by atoms with Crippen LogP contribution in [-0.2, 0) is 33.2 Å². The van der Waals surface area contributed by atoms with Gasteiger partial charge in [0.25, 0.3) is 0 Å². The second-order valence-corrected chi connectivity index (χ2v) is 8.41. The first-order valence-corrected chi connectivity index (χ1v) is 11.1. The van der Waals surface area contributed by atoms with Crippen molar-refractivity contribution in [2.75, 3.05) is 12.1 Å². The molecule has 202 valence electrons. The van der Waals surface area contributed by atoms with Crippen LogP contribution in [0.3, 0.4) is 0 Å². The largest absolute Gasteiger partial charge is 0.509 e. The van der Waals surface area contributed by atoms with Gasteiger partial charge in [-0.05, 0) is 47.6 Å². The Hall–Kier alpha value is -3.59. The summed E-state index contributed by atoms with van der Waals surface area (Å²) in [4.78, 5) is 52.8. The van der Waals surface area contributed by atoms with Crippen molar-refractivity contribution in [2.45, 2.75) is 84.4 Å². The minimum absolute atomic E-state index is 0.157. The van der Waals surface area contributed by atoms with E-state index in [-0.39, 0.29) is 5.82 Å². The molecule has 4 atom stereocenters. The molecule has 36 heavy (non-hydrogen) atoms. The maximum Gasteiger partial charge on any atom is 0.509 e. The minimum Gasteiger partial charge on any atom is -0.432 e. The van der Waals surface area contributed by atoms with Crippen LogP contribution in [0.5, 0.6) is 0 Å². The van der Waals surface area contributed by atoms with Crippen LogP contribution in [0.15, 0.2) is 17.1 Å². The number of rotatable bonds is 9. The van der Waals surface area contributed by atoms with Gasteiger partial charge < -0.3 is 33.2 Å². The fourth-order valence-electron chi connectivity index (χ4n) is 3.04. The molecule has 1 aromatic heterocycles. The molecule has 1 fully saturated rings. The lowest BCUT2D eigenvalue weighted by molar-refractivity contribution is -0.0743. The van der Waals surface area contributed by atoms with Gasteiger partial charge in [0, 0.05) is 6.20 Å². The summed E-state index contributed by atoms with van der Waals surface area (Å²) in [5.74, 6) is -0.157. The lowest BCUT2D eigenvalue weighted by atomic mass is 10.1. The highest BCUT2D eigenvalue weighted by molar-refractivity contribution is 5.62. The van der Waals surface area contributed by atoms with E-state index in [0.29, 0.717) is 0 Å². The van der Waals surface area contributed by atoms with Gasteiger partial charge in [0.2, 0.25) is 0 Å². The summed E-state index contributed by atoms with van der Waals surface area (Å²) in [6.45, 7) is 9.09. The van der Waals surface area contributed by atoms with Crippen LogP contribution in [0, 0.1) is 0 Å². The Morgan fingerprint density at radius 3 is 2.00 bits per heavy atom. The standard InChI is InChI=1S/C21H31N3O12/c1-10(2)31-19(26)30-9-13-15(35-20(27)32-11(3)4)16(36-21(28)33-12(5)6)17(34-13)24-8-7-14(23-29)22-18(24)25/h7-8,10-13,15-17,29H,9H2,1-6H3,(H,22,23,25)/t13-,15-,16-,17-/m1/s1. The summed E-state index contributed by atoms with van der Waals surface area (Å²) in [5, 5.41) is 9.00. The van der Waals surface area contributed by atoms with Crippen LogP contribution in [0.1, 0.15) is 47.8 Å². The van der Waals surface area contributed by atoms with E-state index in [9.17, 15) is 19.2 Å². The number of nitrogens with zero attached hydrogens (tertiary/aromatic N) is 2. The van der Waals surface area contributed by atoms with Gasteiger partial charge in [-0.15, -0.1) is 0 Å². The molecule has 1 aliphatic rings. The van der Waals surface area contributed by atoms with Crippen molar-refractivity contribution in [1.82, 2.24) is 9.55 Å². The number of ether oxygens (including phenoxy) is 7. The molecule has 1 saturated heterocycles. The van der Waals surface area contributed by atoms with Crippen LogP contribution in [0.2, 0.25) is 0 Å². The highest BCUT2D eigenvalue weighted by Crippen LogP contribution is 2.34. The number of hydrogen-bond donors (Lipinski definition) is 2. The monoisotopic (exact) mass is 517 g/mol. The average Bonchev–Trinajstić information content (AvgIpc) is 3.07. The van der Waals surface area contributed by atoms with E-state index in [1.165, 1.54) is 12.3 Å². The number of carbonyl (C=O) groups is 3. The van der Waals surface area contributed by atoms with Gasteiger partial charge >= 0.3 is 24.2 Å². The van der Waals surface area contributed by atoms with Gasteiger partial charge in [0.15, 0.2) is 24.3 Å². The summed E-state index contributed by atoms with van der Waals surface area (Å²) in [6, 6.07) is 1.24. The van der Waals surface area contributed by atoms with E-state index in [1.807, 2.05) is 0 Å². The summed E-state index contributed by atoms with van der Waals surface area (Å²) in [7, 11) is 0. The van der Waals surface area contributed by atoms with E-state index in [4.69, 9.17) is 38.4 Å². The van der Waals surface area contributed by atoms with Gasteiger partial charge in [-0.2, -0.15) is 4.98 Å². The van der Waals surface area contributed by atoms with Crippen LogP contribution < -0.4 is 11.2 Å². The maximum absolute atomic E-state index is 12.6. The number of anilines is 1. The van der Waals surface area contributed by atoms with Crippen molar-refractivity contribution in [3.05, 3.63) is 22.7 Å². The third kappa shape index (κ3) is 8.27.